The van der Waals surface area contributed by atoms with Crippen LogP contribution >= 0.6 is 0 Å². The summed E-state index contributed by atoms with van der Waals surface area (Å²) >= 11 is 0. The Morgan fingerprint density at radius 1 is 1.17 bits per heavy atom. The Labute approximate surface area is 208 Å². The van der Waals surface area contributed by atoms with Crippen molar-refractivity contribution in [3.8, 4) is 17.2 Å². The number of rotatable bonds is 10. The maximum Gasteiger partial charge on any atom is 0.262 e. The van der Waals surface area contributed by atoms with Gasteiger partial charge in [0.15, 0.2) is 6.61 Å². The second kappa shape index (κ2) is 10.5. The summed E-state index contributed by atoms with van der Waals surface area (Å²) in [6.45, 7) is 8.89. The maximum absolute atomic E-state index is 11.6. The van der Waals surface area contributed by atoms with Crippen molar-refractivity contribution < 1.29 is 23.9 Å². The van der Waals surface area contributed by atoms with Crippen molar-refractivity contribution in [1.29, 1.82) is 0 Å². The number of anilines is 1. The standard InChI is InChI=1S/C28H37N3O4/c1-20(29-10-6-23-17-24(32)18-26-28(23)35-19-27(33)30-26)16-22-2-4-25(5-3-22)34-15-14-31-11-7-21(8-12-31)9-13-31/h2-5,17-18,20-21,29H,6-16,19H2,1H3,(H-,30,32,33)/p+1. The van der Waals surface area contributed by atoms with Crippen molar-refractivity contribution in [2.45, 2.75) is 45.1 Å². The third-order valence-corrected chi connectivity index (χ3v) is 7.99. The smallest absolute Gasteiger partial charge is 0.262 e. The number of hydrogen-bond acceptors (Lipinski definition) is 5. The molecule has 2 bridgehead atoms. The van der Waals surface area contributed by atoms with Crippen molar-refractivity contribution in [3.63, 3.8) is 0 Å². The van der Waals surface area contributed by atoms with Gasteiger partial charge in [-0.25, -0.2) is 0 Å². The van der Waals surface area contributed by atoms with Gasteiger partial charge in [-0.3, -0.25) is 4.79 Å². The topological polar surface area (TPSA) is 79.8 Å². The monoisotopic (exact) mass is 480 g/mol. The van der Waals surface area contributed by atoms with Crippen LogP contribution in [0.1, 0.15) is 37.3 Å². The first-order chi connectivity index (χ1) is 17.0. The van der Waals surface area contributed by atoms with E-state index in [4.69, 9.17) is 9.47 Å². The SMILES string of the molecule is CC(Cc1ccc(OCC[N+]23CCC(CC2)CC3)cc1)NCCc1cc(O)cc2c1OCC(=O)N2. The Morgan fingerprint density at radius 3 is 2.66 bits per heavy atom. The highest BCUT2D eigenvalue weighted by atomic mass is 16.5. The Morgan fingerprint density at radius 2 is 1.91 bits per heavy atom. The minimum absolute atomic E-state index is 0.00867. The summed E-state index contributed by atoms with van der Waals surface area (Å²) in [5.41, 5.74) is 2.70. The molecule has 6 rings (SSSR count). The van der Waals surface area contributed by atoms with Crippen molar-refractivity contribution >= 4 is 11.6 Å². The van der Waals surface area contributed by atoms with Crippen LogP contribution in [-0.2, 0) is 17.6 Å². The van der Waals surface area contributed by atoms with E-state index in [-0.39, 0.29) is 18.3 Å². The number of aromatic hydroxyl groups is 1. The Kier molecular flexibility index (Phi) is 7.16. The number of hydrogen-bond donors (Lipinski definition) is 3. The molecule has 7 heteroatoms. The third-order valence-electron chi connectivity index (χ3n) is 7.99. The number of nitrogens with zero attached hydrogens (tertiary/aromatic N) is 1. The summed E-state index contributed by atoms with van der Waals surface area (Å²) < 4.78 is 13.0. The first kappa shape index (κ1) is 23.9. The Bertz CT molecular complexity index is 1020. The number of benzene rings is 2. The van der Waals surface area contributed by atoms with E-state index in [2.05, 4.69) is 41.8 Å². The number of amides is 1. The van der Waals surface area contributed by atoms with Gasteiger partial charge in [0.25, 0.3) is 5.91 Å². The minimum atomic E-state index is -0.202. The van der Waals surface area contributed by atoms with Gasteiger partial charge in [-0.2, -0.15) is 0 Å². The summed E-state index contributed by atoms with van der Waals surface area (Å²) in [5, 5.41) is 16.3. The Hall–Kier alpha value is -2.77. The van der Waals surface area contributed by atoms with Crippen LogP contribution in [0.2, 0.25) is 0 Å². The van der Waals surface area contributed by atoms with Crippen LogP contribution in [0.5, 0.6) is 17.2 Å². The van der Waals surface area contributed by atoms with Crippen molar-refractivity contribution in [3.05, 3.63) is 47.5 Å². The lowest BCUT2D eigenvalue weighted by molar-refractivity contribution is -0.942. The van der Waals surface area contributed by atoms with Crippen LogP contribution < -0.4 is 20.1 Å². The van der Waals surface area contributed by atoms with Gasteiger partial charge in [-0.05, 0) is 75.3 Å². The molecule has 3 saturated heterocycles. The number of ether oxygens (including phenoxy) is 2. The number of piperidine rings is 3. The molecule has 0 radical (unpaired) electrons. The fraction of sp³-hybridized carbons (Fsp3) is 0.536. The quantitative estimate of drug-likeness (QED) is 0.454. The highest BCUT2D eigenvalue weighted by molar-refractivity contribution is 5.96. The van der Waals surface area contributed by atoms with Crippen LogP contribution in [0.25, 0.3) is 0 Å². The average molecular weight is 481 g/mol. The molecular weight excluding hydrogens is 442 g/mol. The lowest BCUT2D eigenvalue weighted by Gasteiger charge is -2.49. The van der Waals surface area contributed by atoms with Crippen LogP contribution in [0, 0.1) is 5.92 Å². The number of nitrogens with one attached hydrogen (secondary N) is 2. The van der Waals surface area contributed by atoms with Gasteiger partial charge >= 0.3 is 0 Å². The van der Waals surface area contributed by atoms with E-state index in [0.29, 0.717) is 23.9 Å². The molecule has 3 N–H and O–H groups in total. The molecule has 35 heavy (non-hydrogen) atoms. The van der Waals surface area contributed by atoms with Crippen LogP contribution in [0.15, 0.2) is 36.4 Å². The first-order valence-electron chi connectivity index (χ1n) is 13.1. The Balaban J connectivity index is 1.05. The third kappa shape index (κ3) is 5.90. The average Bonchev–Trinajstić information content (AvgIpc) is 2.86. The van der Waals surface area contributed by atoms with Crippen LogP contribution in [-0.4, -0.2) is 67.5 Å². The maximum atomic E-state index is 11.6. The predicted molar refractivity (Wildman–Crippen MR) is 136 cm³/mol. The van der Waals surface area contributed by atoms with E-state index in [1.807, 2.05) is 0 Å². The molecule has 1 atom stereocenters. The number of carbonyl (C=O) groups is 1. The normalized spacial score (nSPS) is 23.8. The molecule has 0 aliphatic carbocycles. The van der Waals surface area contributed by atoms with Gasteiger partial charge in [0, 0.05) is 17.7 Å². The predicted octanol–water partition coefficient (Wildman–Crippen LogP) is 3.50. The molecule has 4 aliphatic heterocycles. The number of phenolic OH excluding ortho intramolecular Hbond substituents is 1. The molecule has 7 nitrogen and oxygen atoms in total. The fourth-order valence-corrected chi connectivity index (χ4v) is 5.88. The van der Waals surface area contributed by atoms with Gasteiger partial charge in [-0.15, -0.1) is 0 Å². The van der Waals surface area contributed by atoms with E-state index in [0.717, 1.165) is 43.3 Å². The molecule has 0 aromatic heterocycles. The number of fused-ring (bicyclic) bond motifs is 4. The summed E-state index contributed by atoms with van der Waals surface area (Å²) in [6, 6.07) is 12.0. The van der Waals surface area contributed by atoms with E-state index in [1.54, 1.807) is 6.07 Å². The van der Waals surface area contributed by atoms with Gasteiger partial charge in [0.1, 0.15) is 30.4 Å². The zero-order chi connectivity index (χ0) is 24.3. The van der Waals surface area contributed by atoms with E-state index < -0.39 is 0 Å². The second-order valence-corrected chi connectivity index (χ2v) is 10.6. The molecule has 3 fully saturated rings. The van der Waals surface area contributed by atoms with Gasteiger partial charge in [-0.1, -0.05) is 12.1 Å². The van der Waals surface area contributed by atoms with E-state index >= 15 is 0 Å². The molecule has 2 aromatic carbocycles. The molecule has 1 amide bonds. The van der Waals surface area contributed by atoms with Crippen molar-refractivity contribution in [1.82, 2.24) is 5.32 Å². The van der Waals surface area contributed by atoms with E-state index in [1.165, 1.54) is 55.0 Å². The van der Waals surface area contributed by atoms with Crippen LogP contribution in [0.3, 0.4) is 0 Å². The minimum Gasteiger partial charge on any atom is -0.508 e. The first-order valence-corrected chi connectivity index (χ1v) is 13.1. The molecule has 4 aliphatic rings. The molecule has 4 heterocycles. The highest BCUT2D eigenvalue weighted by Crippen LogP contribution is 2.36. The van der Waals surface area contributed by atoms with Gasteiger partial charge in [0.2, 0.25) is 0 Å². The number of carbonyl (C=O) groups excluding carboxylic acids is 1. The highest BCUT2D eigenvalue weighted by Gasteiger charge is 2.39. The zero-order valence-corrected chi connectivity index (χ0v) is 20.7. The molecule has 0 saturated carbocycles. The second-order valence-electron chi connectivity index (χ2n) is 10.6. The van der Waals surface area contributed by atoms with Crippen molar-refractivity contribution in [2.75, 3.05) is 51.3 Å². The summed E-state index contributed by atoms with van der Waals surface area (Å²) in [7, 11) is 0. The fourth-order valence-electron chi connectivity index (χ4n) is 5.88. The van der Waals surface area contributed by atoms with E-state index in [9.17, 15) is 9.90 Å². The summed E-state index contributed by atoms with van der Waals surface area (Å²) in [6.07, 6.45) is 5.84. The number of quaternary nitrogens is 1. The molecule has 0 spiro atoms. The molecule has 188 valence electrons. The van der Waals surface area contributed by atoms with Crippen LogP contribution in [0.4, 0.5) is 5.69 Å². The summed E-state index contributed by atoms with van der Waals surface area (Å²) in [4.78, 5) is 11.6. The van der Waals surface area contributed by atoms with Gasteiger partial charge in [0.05, 0.1) is 25.3 Å². The largest absolute Gasteiger partial charge is 0.508 e. The number of phenols is 1. The van der Waals surface area contributed by atoms with Gasteiger partial charge < -0.3 is 29.7 Å². The molecule has 1 unspecified atom stereocenters. The molecule has 2 aromatic rings. The molecular formula is C28H38N3O4+. The summed E-state index contributed by atoms with van der Waals surface area (Å²) in [5.74, 6) is 2.54. The lowest BCUT2D eigenvalue weighted by atomic mass is 9.86. The lowest BCUT2D eigenvalue weighted by Crippen LogP contribution is -2.59. The van der Waals surface area contributed by atoms with Crippen molar-refractivity contribution in [2.24, 2.45) is 5.92 Å². The zero-order valence-electron chi connectivity index (χ0n) is 20.7.